The number of halogens is 1. The van der Waals surface area contributed by atoms with Gasteiger partial charge in [-0.3, -0.25) is 9.98 Å². The van der Waals surface area contributed by atoms with E-state index in [0.717, 1.165) is 57.4 Å². The van der Waals surface area contributed by atoms with E-state index in [1.807, 2.05) is 36.7 Å². The number of pyridine rings is 2. The Kier molecular flexibility index (Phi) is 16.9. The van der Waals surface area contributed by atoms with E-state index in [1.165, 1.54) is 56.5 Å². The van der Waals surface area contributed by atoms with Crippen molar-refractivity contribution in [3.05, 3.63) is 164 Å². The molecule has 4 aromatic carbocycles. The summed E-state index contributed by atoms with van der Waals surface area (Å²) in [6.07, 6.45) is 7.15. The number of fused-ring (bicyclic) bond motifs is 2. The zero-order valence-electron chi connectivity index (χ0n) is 44.2. The molecule has 9 heteroatoms. The summed E-state index contributed by atoms with van der Waals surface area (Å²) in [5.41, 5.74) is 17.4. The van der Waals surface area contributed by atoms with Crippen LogP contribution in [-0.2, 0) is 28.6 Å². The quantitative estimate of drug-likeness (QED) is 0.0840. The van der Waals surface area contributed by atoms with Gasteiger partial charge in [-0.1, -0.05) is 147 Å². The fraction of sp³-hybridized carbons (Fsp3) is 0.410. The van der Waals surface area contributed by atoms with Crippen LogP contribution in [0.3, 0.4) is 0 Å². The first-order chi connectivity index (χ1) is 33.2. The lowest BCUT2D eigenvalue weighted by Crippen LogP contribution is -2.41. The highest BCUT2D eigenvalue weighted by Gasteiger charge is 2.52. The Labute approximate surface area is 428 Å². The summed E-state index contributed by atoms with van der Waals surface area (Å²) in [7, 11) is -0.217. The first kappa shape index (κ1) is 52.6. The van der Waals surface area contributed by atoms with Gasteiger partial charge in [0.2, 0.25) is 0 Å². The maximum atomic E-state index is 6.19. The number of para-hydroxylation sites is 3. The summed E-state index contributed by atoms with van der Waals surface area (Å²) in [5.74, 6) is 2.49. The Morgan fingerprint density at radius 3 is 1.59 bits per heavy atom. The second-order valence-electron chi connectivity index (χ2n) is 21.7. The van der Waals surface area contributed by atoms with Crippen molar-refractivity contribution in [3.63, 3.8) is 0 Å². The molecule has 2 unspecified atom stereocenters. The topological polar surface area (TPSA) is 81.0 Å². The third-order valence-corrected chi connectivity index (χ3v) is 14.6. The van der Waals surface area contributed by atoms with Crippen LogP contribution in [0.2, 0.25) is 0 Å². The highest BCUT2D eigenvalue weighted by molar-refractivity contribution is 9.10. The summed E-state index contributed by atoms with van der Waals surface area (Å²) in [6, 6.07) is 38.5. The molecule has 1 fully saturated rings. The van der Waals surface area contributed by atoms with E-state index < -0.39 is 0 Å². The van der Waals surface area contributed by atoms with Gasteiger partial charge in [0.1, 0.15) is 4.60 Å². The molecule has 0 amide bonds. The van der Waals surface area contributed by atoms with Crippen molar-refractivity contribution < 1.29 is 9.31 Å². The largest absolute Gasteiger partial charge is 0.495 e. The van der Waals surface area contributed by atoms with Crippen LogP contribution in [0.4, 0.5) is 17.1 Å². The fourth-order valence-electron chi connectivity index (χ4n) is 9.62. The van der Waals surface area contributed by atoms with E-state index in [1.54, 1.807) is 0 Å². The summed E-state index contributed by atoms with van der Waals surface area (Å²) in [5, 5.41) is 3.61. The van der Waals surface area contributed by atoms with Crippen LogP contribution < -0.4 is 10.8 Å². The minimum absolute atomic E-state index is 0.217. The molecule has 366 valence electrons. The van der Waals surface area contributed by atoms with Crippen LogP contribution >= 0.6 is 15.9 Å². The number of aromatic nitrogens is 2. The van der Waals surface area contributed by atoms with Crippen molar-refractivity contribution in [1.29, 1.82) is 0 Å². The number of hydrogen-bond acceptors (Lipinski definition) is 7. The van der Waals surface area contributed by atoms with Gasteiger partial charge in [0.25, 0.3) is 0 Å². The van der Waals surface area contributed by atoms with E-state index in [4.69, 9.17) is 24.3 Å². The van der Waals surface area contributed by atoms with Gasteiger partial charge in [-0.2, -0.15) is 0 Å². The van der Waals surface area contributed by atoms with Gasteiger partial charge in [-0.25, -0.2) is 9.97 Å². The molecule has 0 radical (unpaired) electrons. The van der Waals surface area contributed by atoms with Gasteiger partial charge >= 0.3 is 7.12 Å². The van der Waals surface area contributed by atoms with Crippen LogP contribution in [0.5, 0.6) is 0 Å². The van der Waals surface area contributed by atoms with Crippen LogP contribution in [0.25, 0.3) is 11.3 Å². The van der Waals surface area contributed by atoms with Gasteiger partial charge in [0.15, 0.2) is 0 Å². The molecule has 2 aromatic heterocycles. The van der Waals surface area contributed by atoms with Crippen LogP contribution in [0, 0.1) is 5.92 Å². The maximum absolute atomic E-state index is 6.19. The average Bonchev–Trinajstić information content (AvgIpc) is 3.96. The van der Waals surface area contributed by atoms with E-state index in [0.29, 0.717) is 29.7 Å². The first-order valence-electron chi connectivity index (χ1n) is 25.5. The minimum Gasteiger partial charge on any atom is -0.399 e. The Morgan fingerprint density at radius 1 is 0.586 bits per heavy atom. The highest BCUT2D eigenvalue weighted by Crippen LogP contribution is 2.40. The number of nitrogens with one attached hydrogen (secondary N) is 1. The van der Waals surface area contributed by atoms with Gasteiger partial charge in [-0.05, 0) is 168 Å². The van der Waals surface area contributed by atoms with Crippen molar-refractivity contribution in [2.75, 3.05) is 5.32 Å². The van der Waals surface area contributed by atoms with Gasteiger partial charge in [-0.15, -0.1) is 0 Å². The SMILES string of the molecule is CC(C)c1cccc(C(C)C)c1N=Cc1cccc(Br)n1.CC1Cc2cccc(-c3cccc(C=Nc4c(C(C)C)cccc4C(C)C)n3)c2N1.CC1Cc2cccc(B3OC(C)(C)C(C)(C)O3)c2C1. The lowest BCUT2D eigenvalue weighted by molar-refractivity contribution is 0.00578. The molecule has 1 aliphatic carbocycles. The Hall–Kier alpha value is -5.22. The maximum Gasteiger partial charge on any atom is 0.495 e. The molecule has 9 rings (SSSR count). The smallest absolute Gasteiger partial charge is 0.399 e. The number of nitrogens with zero attached hydrogens (tertiary/aromatic N) is 4. The van der Waals surface area contributed by atoms with Crippen LogP contribution in [-0.4, -0.2) is 46.8 Å². The number of hydrogen-bond donors (Lipinski definition) is 1. The second-order valence-corrected chi connectivity index (χ2v) is 22.5. The number of anilines is 1. The Bertz CT molecular complexity index is 2760. The molecule has 2 atom stereocenters. The van der Waals surface area contributed by atoms with Crippen LogP contribution in [0.15, 0.2) is 124 Å². The summed E-state index contributed by atoms with van der Waals surface area (Å²) >= 11 is 3.39. The molecule has 3 aliphatic rings. The van der Waals surface area contributed by atoms with Crippen LogP contribution in [0.1, 0.15) is 171 Å². The van der Waals surface area contributed by atoms with Crippen molar-refractivity contribution in [2.45, 2.75) is 157 Å². The molecule has 4 heterocycles. The predicted octanol–water partition coefficient (Wildman–Crippen LogP) is 15.7. The number of benzene rings is 4. The number of rotatable bonds is 10. The normalized spacial score (nSPS) is 17.8. The van der Waals surface area contributed by atoms with Gasteiger partial charge in [0.05, 0.1) is 52.1 Å². The molecule has 0 spiro atoms. The summed E-state index contributed by atoms with van der Waals surface area (Å²) in [4.78, 5) is 19.0. The summed E-state index contributed by atoms with van der Waals surface area (Å²) < 4.78 is 13.2. The average molecular weight is 1000 g/mol. The molecule has 7 nitrogen and oxygen atoms in total. The van der Waals surface area contributed by atoms with E-state index in [2.05, 4.69) is 208 Å². The molecule has 0 saturated carbocycles. The lowest BCUT2D eigenvalue weighted by atomic mass is 9.75. The van der Waals surface area contributed by atoms with E-state index in [-0.39, 0.29) is 18.3 Å². The molecule has 2 aliphatic heterocycles. The molecule has 1 saturated heterocycles. The highest BCUT2D eigenvalue weighted by atomic mass is 79.9. The second kappa shape index (κ2) is 22.5. The van der Waals surface area contributed by atoms with E-state index >= 15 is 0 Å². The third kappa shape index (κ3) is 12.3. The van der Waals surface area contributed by atoms with E-state index in [9.17, 15) is 0 Å². The number of aliphatic imine (C=N–C) groups is 2. The molecular weight excluding hydrogens is 925 g/mol. The van der Waals surface area contributed by atoms with Crippen molar-refractivity contribution in [3.8, 4) is 11.3 Å². The monoisotopic (exact) mass is 1000 g/mol. The molecule has 70 heavy (non-hydrogen) atoms. The summed E-state index contributed by atoms with van der Waals surface area (Å²) in [6.45, 7) is 30.7. The van der Waals surface area contributed by atoms with Gasteiger partial charge < -0.3 is 14.6 Å². The molecule has 0 bridgehead atoms. The molecular formula is C61H75BBrN5O2. The fourth-order valence-corrected chi connectivity index (χ4v) is 9.97. The zero-order chi connectivity index (χ0) is 50.5. The predicted molar refractivity (Wildman–Crippen MR) is 301 cm³/mol. The zero-order valence-corrected chi connectivity index (χ0v) is 45.8. The van der Waals surface area contributed by atoms with Crippen molar-refractivity contribution in [2.24, 2.45) is 15.9 Å². The Balaban J connectivity index is 0.000000160. The lowest BCUT2D eigenvalue weighted by Gasteiger charge is -2.32. The van der Waals surface area contributed by atoms with Crippen molar-refractivity contribution in [1.82, 2.24) is 9.97 Å². The standard InChI is InChI=1S/C27H31N3.C18H21BrN2.C16H23BO2/c1-17(2)22-11-8-12-23(18(3)4)27(22)28-16-21-10-7-14-25(30-21)24-13-6-9-20-15-19(5)29-26(20)24;1-12(2)15-8-6-9-16(13(3)4)18(15)20-11-14-7-5-10-17(19)21-14;1-11-9-12-7-6-8-14(13(12)10-11)17-18-15(2,3)16(4,5)19-17/h6-14,16-19,29H,15H2,1-5H3;5-13H,1-4H3;6-8,11H,9-10H2,1-5H3. The minimum atomic E-state index is -0.259. The third-order valence-electron chi connectivity index (χ3n) is 14.1. The first-order valence-corrected chi connectivity index (χ1v) is 26.3. The molecule has 6 aromatic rings. The Morgan fingerprint density at radius 2 is 1.06 bits per heavy atom. The van der Waals surface area contributed by atoms with Gasteiger partial charge in [0, 0.05) is 17.3 Å². The van der Waals surface area contributed by atoms with Crippen molar-refractivity contribution >= 4 is 58.0 Å². The molecule has 1 N–H and O–H groups in total.